The molecule has 1 heterocycles. The largest absolute Gasteiger partial charge is 0.355 e. The van der Waals surface area contributed by atoms with Gasteiger partial charge in [-0.15, -0.1) is 11.8 Å². The number of hydrogen-bond donors (Lipinski definition) is 4. The molecule has 0 spiro atoms. The molecule has 2 aromatic carbocycles. The third-order valence-corrected chi connectivity index (χ3v) is 4.79. The average molecular weight is 354 g/mol. The lowest BCUT2D eigenvalue weighted by atomic mass is 10.1. The second-order valence-electron chi connectivity index (χ2n) is 5.92. The minimum Gasteiger partial charge on any atom is -0.355 e. The van der Waals surface area contributed by atoms with Crippen LogP contribution < -0.4 is 16.0 Å². The Hall–Kier alpha value is -2.31. The van der Waals surface area contributed by atoms with Crippen LogP contribution in [0.2, 0.25) is 0 Å². The van der Waals surface area contributed by atoms with Crippen molar-refractivity contribution in [3.05, 3.63) is 54.1 Å². The third kappa shape index (κ3) is 4.41. The van der Waals surface area contributed by atoms with Crippen LogP contribution in [-0.2, 0) is 4.79 Å². The summed E-state index contributed by atoms with van der Waals surface area (Å²) in [7, 11) is 0. The van der Waals surface area contributed by atoms with Gasteiger partial charge in [0.25, 0.3) is 0 Å². The van der Waals surface area contributed by atoms with Crippen LogP contribution in [0.15, 0.2) is 48.5 Å². The van der Waals surface area contributed by atoms with E-state index in [9.17, 15) is 4.79 Å². The first-order valence-corrected chi connectivity index (χ1v) is 9.53. The molecule has 0 saturated carbocycles. The van der Waals surface area contributed by atoms with Crippen LogP contribution in [-0.4, -0.2) is 29.8 Å². The minimum atomic E-state index is -0.116. The quantitative estimate of drug-likeness (QED) is 0.486. The summed E-state index contributed by atoms with van der Waals surface area (Å²) >= 11 is 1.39. The standard InChI is InChI=1S/C19H22N4OS/c1-25-18(20)15-10-9-14(23-19(24)16-8-5-11-21-16)12-17(15)22-13-6-3-2-4-7-13/h2-4,6-7,9-10,12,16,20-22H,5,8,11H2,1H3,(H,23,24). The van der Waals surface area contributed by atoms with Gasteiger partial charge < -0.3 is 16.0 Å². The van der Waals surface area contributed by atoms with E-state index in [2.05, 4.69) is 16.0 Å². The summed E-state index contributed by atoms with van der Waals surface area (Å²) < 4.78 is 0. The van der Waals surface area contributed by atoms with Crippen LogP contribution in [0.4, 0.5) is 17.1 Å². The van der Waals surface area contributed by atoms with Gasteiger partial charge in [-0.25, -0.2) is 0 Å². The summed E-state index contributed by atoms with van der Waals surface area (Å²) in [4.78, 5) is 12.3. The van der Waals surface area contributed by atoms with Crippen LogP contribution in [0.3, 0.4) is 0 Å². The molecule has 0 radical (unpaired) electrons. The highest BCUT2D eigenvalue weighted by Crippen LogP contribution is 2.27. The van der Waals surface area contributed by atoms with Crippen molar-refractivity contribution in [1.82, 2.24) is 5.32 Å². The summed E-state index contributed by atoms with van der Waals surface area (Å²) in [6, 6.07) is 15.3. The lowest BCUT2D eigenvalue weighted by Crippen LogP contribution is -2.35. The van der Waals surface area contributed by atoms with Crippen molar-refractivity contribution >= 4 is 39.8 Å². The number of nitrogens with one attached hydrogen (secondary N) is 4. The summed E-state index contributed by atoms with van der Waals surface area (Å²) in [5.41, 5.74) is 3.30. The van der Waals surface area contributed by atoms with Gasteiger partial charge in [-0.05, 0) is 56.0 Å². The van der Waals surface area contributed by atoms with Crippen LogP contribution in [0.1, 0.15) is 18.4 Å². The minimum absolute atomic E-state index is 0.00384. The van der Waals surface area contributed by atoms with Gasteiger partial charge in [-0.2, -0.15) is 0 Å². The van der Waals surface area contributed by atoms with E-state index in [4.69, 9.17) is 5.41 Å². The molecule has 1 fully saturated rings. The SMILES string of the molecule is CSC(=N)c1ccc(NC(=O)C2CCCN2)cc1Nc1ccccc1. The molecule has 1 saturated heterocycles. The Morgan fingerprint density at radius 1 is 1.20 bits per heavy atom. The zero-order chi connectivity index (χ0) is 17.6. The van der Waals surface area contributed by atoms with Gasteiger partial charge in [0, 0.05) is 16.9 Å². The van der Waals surface area contributed by atoms with Gasteiger partial charge in [0.1, 0.15) is 0 Å². The van der Waals surface area contributed by atoms with Crippen LogP contribution in [0.5, 0.6) is 0 Å². The fourth-order valence-electron chi connectivity index (χ4n) is 2.85. The van der Waals surface area contributed by atoms with Crippen molar-refractivity contribution in [2.45, 2.75) is 18.9 Å². The van der Waals surface area contributed by atoms with Gasteiger partial charge in [0.05, 0.1) is 16.8 Å². The summed E-state index contributed by atoms with van der Waals surface area (Å²) in [6.45, 7) is 0.892. The number of carbonyl (C=O) groups excluding carboxylic acids is 1. The molecule has 1 unspecified atom stereocenters. The van der Waals surface area contributed by atoms with E-state index in [-0.39, 0.29) is 11.9 Å². The topological polar surface area (TPSA) is 77.0 Å². The highest BCUT2D eigenvalue weighted by Gasteiger charge is 2.22. The fraction of sp³-hybridized carbons (Fsp3) is 0.263. The lowest BCUT2D eigenvalue weighted by Gasteiger charge is -2.16. The Morgan fingerprint density at radius 2 is 2.00 bits per heavy atom. The zero-order valence-corrected chi connectivity index (χ0v) is 15.0. The zero-order valence-electron chi connectivity index (χ0n) is 14.1. The molecular formula is C19H22N4OS. The van der Waals surface area contributed by atoms with Crippen molar-refractivity contribution in [1.29, 1.82) is 5.41 Å². The predicted octanol–water partition coefficient (Wildman–Crippen LogP) is 3.81. The van der Waals surface area contributed by atoms with Crippen LogP contribution >= 0.6 is 11.8 Å². The highest BCUT2D eigenvalue weighted by atomic mass is 32.2. The number of thioether (sulfide) groups is 1. The second kappa shape index (κ2) is 8.18. The number of carbonyl (C=O) groups is 1. The molecule has 3 rings (SSSR count). The van der Waals surface area contributed by atoms with E-state index in [0.29, 0.717) is 5.04 Å². The number of benzene rings is 2. The van der Waals surface area contributed by atoms with Crippen LogP contribution in [0.25, 0.3) is 0 Å². The lowest BCUT2D eigenvalue weighted by molar-refractivity contribution is -0.117. The van der Waals surface area contributed by atoms with E-state index in [1.165, 1.54) is 11.8 Å². The van der Waals surface area contributed by atoms with Gasteiger partial charge in [-0.3, -0.25) is 10.2 Å². The molecule has 0 aromatic heterocycles. The molecule has 1 aliphatic heterocycles. The average Bonchev–Trinajstić information content (AvgIpc) is 3.17. The Balaban J connectivity index is 1.84. The highest BCUT2D eigenvalue weighted by molar-refractivity contribution is 8.13. The molecule has 1 amide bonds. The van der Waals surface area contributed by atoms with E-state index in [1.807, 2.05) is 54.8 Å². The van der Waals surface area contributed by atoms with Crippen molar-refractivity contribution in [3.8, 4) is 0 Å². The molecule has 5 nitrogen and oxygen atoms in total. The molecule has 0 aliphatic carbocycles. The van der Waals surface area contributed by atoms with Gasteiger partial charge in [0.2, 0.25) is 5.91 Å². The maximum Gasteiger partial charge on any atom is 0.241 e. The van der Waals surface area contributed by atoms with Gasteiger partial charge in [-0.1, -0.05) is 18.2 Å². The van der Waals surface area contributed by atoms with E-state index in [1.54, 1.807) is 0 Å². The Morgan fingerprint density at radius 3 is 2.68 bits per heavy atom. The first-order chi connectivity index (χ1) is 12.2. The Bertz CT molecular complexity index is 757. The summed E-state index contributed by atoms with van der Waals surface area (Å²) in [6.07, 6.45) is 3.79. The molecule has 6 heteroatoms. The second-order valence-corrected chi connectivity index (χ2v) is 6.74. The monoisotopic (exact) mass is 354 g/mol. The maximum absolute atomic E-state index is 12.3. The van der Waals surface area contributed by atoms with E-state index < -0.39 is 0 Å². The van der Waals surface area contributed by atoms with E-state index >= 15 is 0 Å². The van der Waals surface area contributed by atoms with Crippen molar-refractivity contribution in [2.75, 3.05) is 23.4 Å². The summed E-state index contributed by atoms with van der Waals surface area (Å²) in [5, 5.41) is 18.2. The molecule has 130 valence electrons. The third-order valence-electron chi connectivity index (χ3n) is 4.17. The Labute approximate surface area is 152 Å². The molecular weight excluding hydrogens is 332 g/mol. The number of amides is 1. The van der Waals surface area contributed by atoms with Crippen molar-refractivity contribution < 1.29 is 4.79 Å². The normalized spacial score (nSPS) is 16.4. The summed E-state index contributed by atoms with van der Waals surface area (Å²) in [5.74, 6) is -0.00384. The molecule has 0 bridgehead atoms. The Kier molecular flexibility index (Phi) is 5.73. The van der Waals surface area contributed by atoms with Gasteiger partial charge >= 0.3 is 0 Å². The number of rotatable bonds is 5. The fourth-order valence-corrected chi connectivity index (χ4v) is 3.25. The molecule has 1 aliphatic rings. The smallest absolute Gasteiger partial charge is 0.241 e. The molecule has 4 N–H and O–H groups in total. The van der Waals surface area contributed by atoms with Crippen molar-refractivity contribution in [3.63, 3.8) is 0 Å². The van der Waals surface area contributed by atoms with Crippen molar-refractivity contribution in [2.24, 2.45) is 0 Å². The van der Waals surface area contributed by atoms with Crippen LogP contribution in [0, 0.1) is 5.41 Å². The number of anilines is 3. The number of hydrogen-bond acceptors (Lipinski definition) is 5. The van der Waals surface area contributed by atoms with E-state index in [0.717, 1.165) is 42.0 Å². The first kappa shape index (κ1) is 17.5. The van der Waals surface area contributed by atoms with Gasteiger partial charge in [0.15, 0.2) is 0 Å². The maximum atomic E-state index is 12.3. The predicted molar refractivity (Wildman–Crippen MR) is 106 cm³/mol. The molecule has 1 atom stereocenters. The first-order valence-electron chi connectivity index (χ1n) is 8.30. The molecule has 2 aromatic rings. The molecule has 25 heavy (non-hydrogen) atoms. The number of para-hydroxylation sites is 1.